The lowest BCUT2D eigenvalue weighted by molar-refractivity contribution is -0.117. The average Bonchev–Trinajstić information content (AvgIpc) is 2.88. The fourth-order valence-electron chi connectivity index (χ4n) is 3.73. The molecule has 0 atom stereocenters. The molecule has 0 unspecified atom stereocenters. The first kappa shape index (κ1) is 24.2. The zero-order valence-electron chi connectivity index (χ0n) is 19.8. The third-order valence-electron chi connectivity index (χ3n) is 5.40. The van der Waals surface area contributed by atoms with Crippen LogP contribution in [0.25, 0.3) is 0 Å². The monoisotopic (exact) mass is 491 g/mol. The molecule has 0 aliphatic carbocycles. The van der Waals surface area contributed by atoms with Gasteiger partial charge >= 0.3 is 0 Å². The summed E-state index contributed by atoms with van der Waals surface area (Å²) < 4.78 is 16.1. The number of nitrogens with one attached hydrogen (secondary N) is 1. The predicted molar refractivity (Wildman–Crippen MR) is 136 cm³/mol. The Bertz CT molecular complexity index is 1280. The molecule has 1 amide bonds. The molecule has 0 spiro atoms. The molecule has 35 heavy (non-hydrogen) atoms. The van der Waals surface area contributed by atoms with Crippen molar-refractivity contribution in [2.75, 3.05) is 32.8 Å². The number of hydrogen-bond acceptors (Lipinski definition) is 8. The number of Topliss-reactive ketones (excluding diaryl/α,β-unsaturated/α-hetero) is 1. The summed E-state index contributed by atoms with van der Waals surface area (Å²) >= 11 is 1.57. The normalized spacial score (nSPS) is 12.1. The van der Waals surface area contributed by atoms with E-state index in [-0.39, 0.29) is 18.2 Å². The van der Waals surface area contributed by atoms with Gasteiger partial charge in [-0.1, -0.05) is 30.0 Å². The number of benzene rings is 3. The summed E-state index contributed by atoms with van der Waals surface area (Å²) in [6.45, 7) is 1.46. The standard InChI is InChI=1S/C26H25N3O5S/c1-16(30)18-9-10-24-20(13-18)29(19-7-5-6-8-23(19)35-24)25(31)15-28-27-14-17-11-21(32-2)26(34-4)22(12-17)33-3/h5-14,28H,15H2,1-4H3/b27-14+. The van der Waals surface area contributed by atoms with Crippen molar-refractivity contribution in [3.8, 4) is 17.2 Å². The zero-order valence-corrected chi connectivity index (χ0v) is 20.6. The second-order valence-corrected chi connectivity index (χ2v) is 8.67. The van der Waals surface area contributed by atoms with Crippen LogP contribution in [0, 0.1) is 0 Å². The largest absolute Gasteiger partial charge is 0.493 e. The molecule has 0 saturated carbocycles. The summed E-state index contributed by atoms with van der Waals surface area (Å²) in [4.78, 5) is 28.8. The summed E-state index contributed by atoms with van der Waals surface area (Å²) in [5.74, 6) is 1.23. The molecule has 1 N–H and O–H groups in total. The molecule has 3 aromatic carbocycles. The molecule has 1 aliphatic rings. The minimum absolute atomic E-state index is 0.0519. The van der Waals surface area contributed by atoms with Crippen LogP contribution in [-0.2, 0) is 4.79 Å². The topological polar surface area (TPSA) is 89.5 Å². The molecular weight excluding hydrogens is 466 g/mol. The Kier molecular flexibility index (Phi) is 7.26. The number of hydrazone groups is 1. The van der Waals surface area contributed by atoms with Crippen LogP contribution in [0.2, 0.25) is 0 Å². The lowest BCUT2D eigenvalue weighted by Crippen LogP contribution is -2.35. The van der Waals surface area contributed by atoms with Crippen LogP contribution in [0.3, 0.4) is 0 Å². The van der Waals surface area contributed by atoms with Gasteiger partial charge in [-0.3, -0.25) is 14.5 Å². The smallest absolute Gasteiger partial charge is 0.252 e. The quantitative estimate of drug-likeness (QED) is 0.278. The number of fused-ring (bicyclic) bond motifs is 2. The van der Waals surface area contributed by atoms with E-state index in [0.29, 0.717) is 34.1 Å². The van der Waals surface area contributed by atoms with Crippen LogP contribution in [0.5, 0.6) is 17.2 Å². The van der Waals surface area contributed by atoms with E-state index in [2.05, 4.69) is 10.5 Å². The van der Waals surface area contributed by atoms with Crippen LogP contribution < -0.4 is 24.5 Å². The van der Waals surface area contributed by atoms with Gasteiger partial charge in [-0.15, -0.1) is 0 Å². The van der Waals surface area contributed by atoms with Crippen LogP contribution in [0.15, 0.2) is 69.5 Å². The Morgan fingerprint density at radius 2 is 1.63 bits per heavy atom. The average molecular weight is 492 g/mol. The molecule has 0 fully saturated rings. The van der Waals surface area contributed by atoms with Crippen molar-refractivity contribution in [1.82, 2.24) is 5.43 Å². The van der Waals surface area contributed by atoms with E-state index < -0.39 is 0 Å². The second kappa shape index (κ2) is 10.5. The molecule has 3 aromatic rings. The molecule has 0 radical (unpaired) electrons. The molecular formula is C26H25N3O5S. The maximum absolute atomic E-state index is 13.3. The number of hydrogen-bond donors (Lipinski definition) is 1. The molecule has 4 rings (SSSR count). The van der Waals surface area contributed by atoms with E-state index in [1.165, 1.54) is 14.0 Å². The summed E-state index contributed by atoms with van der Waals surface area (Å²) in [7, 11) is 4.62. The summed E-state index contributed by atoms with van der Waals surface area (Å²) in [6.07, 6.45) is 1.57. The summed E-state index contributed by atoms with van der Waals surface area (Å²) in [5.41, 5.74) is 5.53. The minimum atomic E-state index is -0.207. The van der Waals surface area contributed by atoms with Gasteiger partial charge in [-0.2, -0.15) is 5.10 Å². The van der Waals surface area contributed by atoms with E-state index in [1.54, 1.807) is 61.4 Å². The number of ether oxygens (including phenoxy) is 3. The van der Waals surface area contributed by atoms with Gasteiger partial charge in [0.2, 0.25) is 5.75 Å². The van der Waals surface area contributed by atoms with Crippen molar-refractivity contribution >= 4 is 41.0 Å². The highest BCUT2D eigenvalue weighted by molar-refractivity contribution is 7.99. The number of ketones is 1. The summed E-state index contributed by atoms with van der Waals surface area (Å²) in [5, 5.41) is 4.21. The van der Waals surface area contributed by atoms with Crippen molar-refractivity contribution in [3.63, 3.8) is 0 Å². The van der Waals surface area contributed by atoms with E-state index >= 15 is 0 Å². The molecule has 0 bridgehead atoms. The number of methoxy groups -OCH3 is 3. The van der Waals surface area contributed by atoms with Crippen LogP contribution in [0.4, 0.5) is 11.4 Å². The molecule has 1 aliphatic heterocycles. The Morgan fingerprint density at radius 3 is 2.29 bits per heavy atom. The number of para-hydroxylation sites is 1. The third-order valence-corrected chi connectivity index (χ3v) is 6.53. The number of anilines is 2. The van der Waals surface area contributed by atoms with Gasteiger partial charge in [0.25, 0.3) is 5.91 Å². The number of carbonyl (C=O) groups excluding carboxylic acids is 2. The molecule has 1 heterocycles. The first-order chi connectivity index (χ1) is 17.0. The van der Waals surface area contributed by atoms with Gasteiger partial charge in [-0.05, 0) is 43.3 Å². The lowest BCUT2D eigenvalue weighted by Gasteiger charge is -2.31. The van der Waals surface area contributed by atoms with E-state index in [0.717, 1.165) is 15.5 Å². The number of nitrogens with zero attached hydrogens (tertiary/aromatic N) is 2. The number of carbonyl (C=O) groups is 2. The van der Waals surface area contributed by atoms with Crippen LogP contribution in [-0.4, -0.2) is 45.8 Å². The highest BCUT2D eigenvalue weighted by atomic mass is 32.2. The highest BCUT2D eigenvalue weighted by Gasteiger charge is 2.28. The highest BCUT2D eigenvalue weighted by Crippen LogP contribution is 2.48. The maximum atomic E-state index is 13.3. The first-order valence-corrected chi connectivity index (χ1v) is 11.6. The van der Waals surface area contributed by atoms with Crippen LogP contribution in [0.1, 0.15) is 22.8 Å². The first-order valence-electron chi connectivity index (χ1n) is 10.8. The molecule has 0 saturated heterocycles. The van der Waals surface area contributed by atoms with Gasteiger partial charge < -0.3 is 19.6 Å². The van der Waals surface area contributed by atoms with Gasteiger partial charge in [0.05, 0.1) is 38.9 Å². The molecule has 9 heteroatoms. The number of rotatable bonds is 8. The summed E-state index contributed by atoms with van der Waals surface area (Å²) in [6, 6.07) is 16.6. The van der Waals surface area contributed by atoms with Crippen LogP contribution >= 0.6 is 11.8 Å². The molecule has 0 aromatic heterocycles. The van der Waals surface area contributed by atoms with Crippen molar-refractivity contribution in [1.29, 1.82) is 0 Å². The lowest BCUT2D eigenvalue weighted by atomic mass is 10.1. The van der Waals surface area contributed by atoms with Crippen molar-refractivity contribution in [2.24, 2.45) is 5.10 Å². The Morgan fingerprint density at radius 1 is 0.943 bits per heavy atom. The zero-order chi connectivity index (χ0) is 24.9. The Labute approximate surface area is 207 Å². The van der Waals surface area contributed by atoms with Crippen molar-refractivity contribution in [2.45, 2.75) is 16.7 Å². The van der Waals surface area contributed by atoms with E-state index in [1.807, 2.05) is 30.3 Å². The van der Waals surface area contributed by atoms with E-state index in [9.17, 15) is 9.59 Å². The number of amides is 1. The fraction of sp³-hybridized carbons (Fsp3) is 0.192. The predicted octanol–water partition coefficient (Wildman–Crippen LogP) is 4.67. The molecule has 8 nitrogen and oxygen atoms in total. The van der Waals surface area contributed by atoms with E-state index in [4.69, 9.17) is 14.2 Å². The van der Waals surface area contributed by atoms with Gasteiger partial charge in [0.1, 0.15) is 6.54 Å². The Hall–Kier alpha value is -3.98. The fourth-order valence-corrected chi connectivity index (χ4v) is 4.77. The van der Waals surface area contributed by atoms with Gasteiger partial charge in [-0.25, -0.2) is 0 Å². The minimum Gasteiger partial charge on any atom is -0.493 e. The van der Waals surface area contributed by atoms with Crippen molar-refractivity contribution < 1.29 is 23.8 Å². The van der Waals surface area contributed by atoms with Gasteiger partial charge in [0.15, 0.2) is 17.3 Å². The van der Waals surface area contributed by atoms with Gasteiger partial charge in [0, 0.05) is 20.9 Å². The third kappa shape index (κ3) is 4.95. The second-order valence-electron chi connectivity index (χ2n) is 7.59. The Balaban J connectivity index is 1.56. The molecule has 180 valence electrons. The van der Waals surface area contributed by atoms with Crippen molar-refractivity contribution in [3.05, 3.63) is 65.7 Å². The SMILES string of the molecule is COc1cc(/C=N/NCC(=O)N2c3ccccc3Sc3ccc(C(C)=O)cc32)cc(OC)c1OC. The maximum Gasteiger partial charge on any atom is 0.252 e.